The molecule has 0 saturated carbocycles. The molecule has 0 spiro atoms. The Morgan fingerprint density at radius 1 is 1.24 bits per heavy atom. The van der Waals surface area contributed by atoms with E-state index in [4.69, 9.17) is 9.26 Å². The minimum Gasteiger partial charge on any atom is -0.465 e. The van der Waals surface area contributed by atoms with Gasteiger partial charge < -0.3 is 9.26 Å². The second kappa shape index (κ2) is 8.53. The first-order chi connectivity index (χ1) is 14.1. The number of piperidine rings is 1. The first-order valence-electron chi connectivity index (χ1n) is 9.65. The lowest BCUT2D eigenvalue weighted by Crippen LogP contribution is -2.33. The van der Waals surface area contributed by atoms with Gasteiger partial charge in [0.15, 0.2) is 0 Å². The van der Waals surface area contributed by atoms with E-state index < -0.39 is 0 Å². The molecule has 0 unspecified atom stereocenters. The van der Waals surface area contributed by atoms with Crippen molar-refractivity contribution in [1.29, 1.82) is 0 Å². The third-order valence-electron chi connectivity index (χ3n) is 5.22. The third kappa shape index (κ3) is 4.35. The largest absolute Gasteiger partial charge is 0.465 e. The van der Waals surface area contributed by atoms with Crippen molar-refractivity contribution >= 4 is 5.97 Å². The van der Waals surface area contributed by atoms with Crippen LogP contribution in [0.15, 0.2) is 53.1 Å². The molecule has 6 nitrogen and oxygen atoms in total. The van der Waals surface area contributed by atoms with E-state index in [1.54, 1.807) is 36.4 Å². The number of methoxy groups -OCH3 is 1. The van der Waals surface area contributed by atoms with E-state index >= 15 is 0 Å². The van der Waals surface area contributed by atoms with Crippen molar-refractivity contribution in [2.75, 3.05) is 13.7 Å². The Kier molecular flexibility index (Phi) is 5.67. The van der Waals surface area contributed by atoms with Crippen molar-refractivity contribution in [3.8, 4) is 11.4 Å². The fourth-order valence-electron chi connectivity index (χ4n) is 3.75. The van der Waals surface area contributed by atoms with Gasteiger partial charge in [-0.25, -0.2) is 9.18 Å². The summed E-state index contributed by atoms with van der Waals surface area (Å²) >= 11 is 0. The van der Waals surface area contributed by atoms with E-state index in [0.29, 0.717) is 23.8 Å². The molecule has 0 aliphatic carbocycles. The number of rotatable bonds is 5. The van der Waals surface area contributed by atoms with Crippen molar-refractivity contribution in [2.24, 2.45) is 0 Å². The van der Waals surface area contributed by atoms with E-state index in [-0.39, 0.29) is 17.8 Å². The second-order valence-corrected chi connectivity index (χ2v) is 7.12. The molecule has 0 radical (unpaired) electrons. The lowest BCUT2D eigenvalue weighted by atomic mass is 9.95. The van der Waals surface area contributed by atoms with Gasteiger partial charge in [0.25, 0.3) is 0 Å². The van der Waals surface area contributed by atoms with Gasteiger partial charge in [0.05, 0.1) is 19.2 Å². The summed E-state index contributed by atoms with van der Waals surface area (Å²) in [7, 11) is 1.35. The summed E-state index contributed by atoms with van der Waals surface area (Å²) in [5, 5.41) is 4.07. The molecule has 1 aliphatic rings. The van der Waals surface area contributed by atoms with Crippen molar-refractivity contribution in [3.63, 3.8) is 0 Å². The van der Waals surface area contributed by atoms with Crippen LogP contribution in [0.25, 0.3) is 11.4 Å². The summed E-state index contributed by atoms with van der Waals surface area (Å²) in [6.45, 7) is 1.40. The number of nitrogens with zero attached hydrogens (tertiary/aromatic N) is 3. The number of aromatic nitrogens is 2. The Hall–Kier alpha value is -3.06. The van der Waals surface area contributed by atoms with Crippen molar-refractivity contribution in [3.05, 3.63) is 71.4 Å². The zero-order valence-corrected chi connectivity index (χ0v) is 16.2. The van der Waals surface area contributed by atoms with Gasteiger partial charge in [0.2, 0.25) is 11.7 Å². The van der Waals surface area contributed by atoms with Crippen LogP contribution in [0.5, 0.6) is 0 Å². The second-order valence-electron chi connectivity index (χ2n) is 7.12. The van der Waals surface area contributed by atoms with Gasteiger partial charge in [-0.1, -0.05) is 35.8 Å². The molecule has 1 saturated heterocycles. The van der Waals surface area contributed by atoms with Gasteiger partial charge in [0, 0.05) is 11.6 Å². The quantitative estimate of drug-likeness (QED) is 0.597. The van der Waals surface area contributed by atoms with Crippen LogP contribution in [0, 0.1) is 5.82 Å². The normalized spacial score (nSPS) is 17.2. The van der Waals surface area contributed by atoms with Crippen LogP contribution in [0.3, 0.4) is 0 Å². The molecule has 150 valence electrons. The minimum atomic E-state index is -0.390. The summed E-state index contributed by atoms with van der Waals surface area (Å²) in [6, 6.07) is 13.8. The van der Waals surface area contributed by atoms with Crippen LogP contribution in [0.1, 0.15) is 47.1 Å². The van der Waals surface area contributed by atoms with Gasteiger partial charge in [-0.05, 0) is 49.2 Å². The lowest BCUT2D eigenvalue weighted by Gasteiger charge is -2.35. The summed E-state index contributed by atoms with van der Waals surface area (Å²) in [5.74, 6) is 0.374. The maximum Gasteiger partial charge on any atom is 0.337 e. The molecule has 4 rings (SSSR count). The molecule has 1 fully saturated rings. The highest BCUT2D eigenvalue weighted by molar-refractivity contribution is 5.89. The number of ether oxygens (including phenoxy) is 1. The van der Waals surface area contributed by atoms with Gasteiger partial charge >= 0.3 is 5.97 Å². The summed E-state index contributed by atoms with van der Waals surface area (Å²) in [6.07, 6.45) is 3.17. The highest BCUT2D eigenvalue weighted by Gasteiger charge is 2.26. The number of likely N-dealkylation sites (tertiary alicyclic amines) is 1. The fourth-order valence-corrected chi connectivity index (χ4v) is 3.75. The molecule has 2 aromatic carbocycles. The molecule has 1 atom stereocenters. The predicted octanol–water partition coefficient (Wildman–Crippen LogP) is 4.39. The molecule has 0 N–H and O–H groups in total. The molecule has 2 heterocycles. The Morgan fingerprint density at radius 3 is 2.83 bits per heavy atom. The number of hydrogen-bond donors (Lipinski definition) is 0. The van der Waals surface area contributed by atoms with E-state index in [0.717, 1.165) is 36.9 Å². The number of esters is 1. The SMILES string of the molecule is COC(=O)c1ccc(-c2noc(CN3CCCC[C@@H]3c3cccc(F)c3)n2)cc1. The van der Waals surface area contributed by atoms with Gasteiger partial charge in [-0.2, -0.15) is 4.98 Å². The summed E-state index contributed by atoms with van der Waals surface area (Å²) < 4.78 is 23.8. The molecule has 0 amide bonds. The molecule has 0 bridgehead atoms. The summed E-state index contributed by atoms with van der Waals surface area (Å²) in [4.78, 5) is 18.3. The Balaban J connectivity index is 1.49. The molecule has 3 aromatic rings. The Morgan fingerprint density at radius 2 is 2.07 bits per heavy atom. The maximum absolute atomic E-state index is 13.7. The highest BCUT2D eigenvalue weighted by Crippen LogP contribution is 2.32. The highest BCUT2D eigenvalue weighted by atomic mass is 19.1. The molecular formula is C22H22FN3O3. The number of hydrogen-bond acceptors (Lipinski definition) is 6. The van der Waals surface area contributed by atoms with Gasteiger partial charge in [0.1, 0.15) is 5.82 Å². The lowest BCUT2D eigenvalue weighted by molar-refractivity contribution is 0.0600. The van der Waals surface area contributed by atoms with Crippen LogP contribution in [0.4, 0.5) is 4.39 Å². The molecular weight excluding hydrogens is 373 g/mol. The van der Waals surface area contributed by atoms with Crippen molar-refractivity contribution in [1.82, 2.24) is 15.0 Å². The van der Waals surface area contributed by atoms with Gasteiger partial charge in [-0.15, -0.1) is 0 Å². The zero-order valence-electron chi connectivity index (χ0n) is 16.2. The third-order valence-corrected chi connectivity index (χ3v) is 5.22. The first-order valence-corrected chi connectivity index (χ1v) is 9.65. The molecule has 1 aliphatic heterocycles. The summed E-state index contributed by atoms with van der Waals surface area (Å²) in [5.41, 5.74) is 2.20. The topological polar surface area (TPSA) is 68.5 Å². The van der Waals surface area contributed by atoms with Crippen LogP contribution >= 0.6 is 0 Å². The van der Waals surface area contributed by atoms with E-state index in [1.807, 2.05) is 6.07 Å². The number of carbonyl (C=O) groups is 1. The zero-order chi connectivity index (χ0) is 20.2. The van der Waals surface area contributed by atoms with E-state index in [9.17, 15) is 9.18 Å². The van der Waals surface area contributed by atoms with Crippen LogP contribution in [0.2, 0.25) is 0 Å². The van der Waals surface area contributed by atoms with Crippen LogP contribution in [-0.4, -0.2) is 34.7 Å². The fraction of sp³-hybridized carbons (Fsp3) is 0.318. The predicted molar refractivity (Wildman–Crippen MR) is 104 cm³/mol. The molecule has 1 aromatic heterocycles. The Bertz CT molecular complexity index is 987. The average Bonchev–Trinajstić information content (AvgIpc) is 3.22. The van der Waals surface area contributed by atoms with Crippen LogP contribution in [-0.2, 0) is 11.3 Å². The number of halogens is 1. The van der Waals surface area contributed by atoms with Crippen LogP contribution < -0.4 is 0 Å². The standard InChI is InChI=1S/C22H22FN3O3/c1-28-22(27)16-10-8-15(9-11-16)21-24-20(29-25-21)14-26-12-3-2-7-19(26)17-5-4-6-18(23)13-17/h4-6,8-11,13,19H,2-3,7,12,14H2,1H3/t19-/m1/s1. The number of benzene rings is 2. The Labute approximate surface area is 168 Å². The maximum atomic E-state index is 13.7. The monoisotopic (exact) mass is 395 g/mol. The van der Waals surface area contributed by atoms with Crippen molar-refractivity contribution in [2.45, 2.75) is 31.8 Å². The molecule has 7 heteroatoms. The number of carbonyl (C=O) groups excluding carboxylic acids is 1. The minimum absolute atomic E-state index is 0.133. The smallest absolute Gasteiger partial charge is 0.337 e. The van der Waals surface area contributed by atoms with E-state index in [1.165, 1.54) is 13.2 Å². The van der Waals surface area contributed by atoms with Gasteiger partial charge in [-0.3, -0.25) is 4.90 Å². The molecule has 29 heavy (non-hydrogen) atoms. The first kappa shape index (κ1) is 19.3. The average molecular weight is 395 g/mol. The van der Waals surface area contributed by atoms with E-state index in [2.05, 4.69) is 15.0 Å². The van der Waals surface area contributed by atoms with Crippen molar-refractivity contribution < 1.29 is 18.4 Å².